The number of nitrogens with zero attached hydrogens (tertiary/aromatic N) is 2. The van der Waals surface area contributed by atoms with Gasteiger partial charge in [0.25, 0.3) is 0 Å². The SMILES string of the molecule is CN1CCC[SiH2]1.CO[Si]1(C=O)CCCN1C.[AlH3].[H-].[Li+]. The second-order valence-electron chi connectivity index (χ2n) is 4.70. The Morgan fingerprint density at radius 3 is 2.17 bits per heavy atom. The van der Waals surface area contributed by atoms with Crippen molar-refractivity contribution < 1.29 is 29.5 Å². The first-order valence-corrected chi connectivity index (χ1v) is 9.83. The van der Waals surface area contributed by atoms with Gasteiger partial charge in [0.1, 0.15) is 5.91 Å². The Bertz CT molecular complexity index is 242. The molecular weight excluding hydrogens is 270 g/mol. The Morgan fingerprint density at radius 2 is 2.00 bits per heavy atom. The van der Waals surface area contributed by atoms with Crippen molar-refractivity contribution in [3.63, 3.8) is 0 Å². The molecule has 2 rings (SSSR count). The number of hydrogen-bond donors (Lipinski definition) is 0. The molecule has 0 radical (unpaired) electrons. The predicted octanol–water partition coefficient (Wildman–Crippen LogP) is -4.06. The van der Waals surface area contributed by atoms with Crippen LogP contribution in [-0.4, -0.2) is 84.9 Å². The van der Waals surface area contributed by atoms with Gasteiger partial charge in [-0.2, -0.15) is 0 Å². The van der Waals surface area contributed by atoms with Gasteiger partial charge < -0.3 is 15.2 Å². The molecule has 0 aromatic heterocycles. The molecule has 4 nitrogen and oxygen atoms in total. The molecular formula is C10H28AlLiN2O2Si2. The van der Waals surface area contributed by atoms with Crippen molar-refractivity contribution in [2.24, 2.45) is 0 Å². The summed E-state index contributed by atoms with van der Waals surface area (Å²) in [7, 11) is 4.12. The zero-order chi connectivity index (χ0) is 12.0. The molecule has 8 heteroatoms. The molecule has 0 aliphatic carbocycles. The zero-order valence-electron chi connectivity index (χ0n) is 12.7. The molecule has 2 saturated heterocycles. The maximum Gasteiger partial charge on any atom is 1.00 e. The van der Waals surface area contributed by atoms with Gasteiger partial charge in [0.05, 0.1) is 9.68 Å². The summed E-state index contributed by atoms with van der Waals surface area (Å²) in [5, 5.41) is 0. The zero-order valence-corrected chi connectivity index (χ0v) is 14.2. The topological polar surface area (TPSA) is 32.8 Å². The Balaban J connectivity index is -0.000000252. The molecule has 0 saturated carbocycles. The van der Waals surface area contributed by atoms with Gasteiger partial charge in [0.2, 0.25) is 0 Å². The van der Waals surface area contributed by atoms with Crippen LogP contribution in [0.2, 0.25) is 12.1 Å². The smallest absolute Gasteiger partial charge is 1.00 e. The first kappa shape index (κ1) is 21.4. The van der Waals surface area contributed by atoms with Gasteiger partial charge in [-0.05, 0) is 52.1 Å². The second kappa shape index (κ2) is 10.8. The quantitative estimate of drug-likeness (QED) is 0.384. The minimum Gasteiger partial charge on any atom is -1.00 e. The fraction of sp³-hybridized carbons (Fsp3) is 0.900. The molecule has 0 N–H and O–H groups in total. The van der Waals surface area contributed by atoms with Crippen LogP contribution in [0.25, 0.3) is 0 Å². The summed E-state index contributed by atoms with van der Waals surface area (Å²) in [6.45, 7) is 2.39. The van der Waals surface area contributed by atoms with E-state index in [2.05, 4.69) is 16.2 Å². The fourth-order valence-corrected chi connectivity index (χ4v) is 6.21. The van der Waals surface area contributed by atoms with Gasteiger partial charge in [0.15, 0.2) is 17.4 Å². The van der Waals surface area contributed by atoms with Crippen molar-refractivity contribution >= 4 is 41.4 Å². The Morgan fingerprint density at radius 1 is 1.33 bits per heavy atom. The van der Waals surface area contributed by atoms with Crippen LogP contribution in [0.1, 0.15) is 14.3 Å². The standard InChI is InChI=1S/C6H13NO2Si.C4H11NSi.Al.Li.4H/c1-7-4-3-5-10(7,6-8)9-2;1-5-3-2-4-6-5;;;;;;/h6H,3-5H2,1-2H3;2-4,6H2,1H3;;;;;;/q;;;+1;;;;-1. The minimum absolute atomic E-state index is 0. The van der Waals surface area contributed by atoms with E-state index in [9.17, 15) is 4.79 Å². The molecule has 102 valence electrons. The van der Waals surface area contributed by atoms with E-state index in [-0.39, 0.29) is 37.6 Å². The first-order valence-electron chi connectivity index (χ1n) is 6.06. The third-order valence-electron chi connectivity index (χ3n) is 3.54. The number of carbonyl (C=O) groups is 1. The van der Waals surface area contributed by atoms with Gasteiger partial charge in [0, 0.05) is 7.11 Å². The average molecular weight is 298 g/mol. The fourth-order valence-electron chi connectivity index (χ4n) is 2.28. The van der Waals surface area contributed by atoms with Gasteiger partial charge in [-0.3, -0.25) is 4.57 Å². The second-order valence-corrected chi connectivity index (χ2v) is 10.5. The van der Waals surface area contributed by atoms with E-state index < -0.39 is 8.48 Å². The molecule has 1 unspecified atom stereocenters. The molecule has 2 fully saturated rings. The Labute approximate surface area is 139 Å². The summed E-state index contributed by atoms with van der Waals surface area (Å²) >= 11 is 0. The van der Waals surface area contributed by atoms with Crippen molar-refractivity contribution in [3.05, 3.63) is 0 Å². The van der Waals surface area contributed by atoms with Gasteiger partial charge >= 0.3 is 27.3 Å². The van der Waals surface area contributed by atoms with Crippen molar-refractivity contribution in [3.8, 4) is 0 Å². The molecule has 2 aliphatic heterocycles. The van der Waals surface area contributed by atoms with Crippen LogP contribution >= 0.6 is 0 Å². The van der Waals surface area contributed by atoms with E-state index in [0.29, 0.717) is 9.68 Å². The summed E-state index contributed by atoms with van der Waals surface area (Å²) in [4.78, 5) is 10.7. The van der Waals surface area contributed by atoms with E-state index in [0.717, 1.165) is 24.9 Å². The Kier molecular flexibility index (Phi) is 12.9. The Hall–Kier alpha value is 1.11. The molecule has 0 spiro atoms. The van der Waals surface area contributed by atoms with Crippen molar-refractivity contribution in [2.45, 2.75) is 24.9 Å². The first-order chi connectivity index (χ1) is 7.64. The largest absolute Gasteiger partial charge is 1.00 e. The van der Waals surface area contributed by atoms with E-state index in [4.69, 9.17) is 4.43 Å². The van der Waals surface area contributed by atoms with E-state index >= 15 is 0 Å². The number of carbonyl (C=O) groups excluding carboxylic acids is 1. The predicted molar refractivity (Wildman–Crippen MR) is 83.2 cm³/mol. The molecule has 0 bridgehead atoms. The summed E-state index contributed by atoms with van der Waals surface area (Å²) in [6, 6.07) is 2.51. The molecule has 0 aromatic rings. The molecule has 0 amide bonds. The van der Waals surface area contributed by atoms with Crippen LogP contribution in [0.3, 0.4) is 0 Å². The minimum atomic E-state index is -2.03. The van der Waals surface area contributed by atoms with Gasteiger partial charge in [-0.25, -0.2) is 0 Å². The van der Waals surface area contributed by atoms with Crippen LogP contribution in [0.4, 0.5) is 0 Å². The van der Waals surface area contributed by atoms with E-state index in [1.54, 1.807) is 13.2 Å². The molecule has 0 aromatic carbocycles. The van der Waals surface area contributed by atoms with E-state index in [1.807, 2.05) is 7.05 Å². The van der Waals surface area contributed by atoms with Crippen LogP contribution in [-0.2, 0) is 9.22 Å². The van der Waals surface area contributed by atoms with Gasteiger partial charge in [-0.1, -0.05) is 0 Å². The van der Waals surface area contributed by atoms with Gasteiger partial charge in [-0.15, -0.1) is 0 Å². The summed E-state index contributed by atoms with van der Waals surface area (Å²) in [6.07, 6.45) is 2.58. The molecule has 2 heterocycles. The monoisotopic (exact) mass is 298 g/mol. The summed E-state index contributed by atoms with van der Waals surface area (Å²) in [5.74, 6) is 1.03. The summed E-state index contributed by atoms with van der Waals surface area (Å²) in [5.41, 5.74) is 0. The van der Waals surface area contributed by atoms with Crippen molar-refractivity contribution in [2.75, 3.05) is 34.3 Å². The summed E-state index contributed by atoms with van der Waals surface area (Å²) < 4.78 is 9.84. The van der Waals surface area contributed by atoms with Crippen LogP contribution in [0.15, 0.2) is 0 Å². The number of rotatable bonds is 2. The van der Waals surface area contributed by atoms with Crippen molar-refractivity contribution in [1.82, 2.24) is 9.13 Å². The average Bonchev–Trinajstić information content (AvgIpc) is 2.89. The number of hydrogen-bond acceptors (Lipinski definition) is 4. The third kappa shape index (κ3) is 6.04. The van der Waals surface area contributed by atoms with Crippen molar-refractivity contribution in [1.29, 1.82) is 0 Å². The van der Waals surface area contributed by atoms with Crippen LogP contribution < -0.4 is 18.9 Å². The van der Waals surface area contributed by atoms with Crippen LogP contribution in [0.5, 0.6) is 0 Å². The third-order valence-corrected chi connectivity index (χ3v) is 9.10. The maximum atomic E-state index is 10.7. The normalized spacial score (nSPS) is 29.1. The molecule has 1 atom stereocenters. The maximum absolute atomic E-state index is 10.7. The van der Waals surface area contributed by atoms with Crippen LogP contribution in [0, 0.1) is 0 Å². The molecule has 2 aliphatic rings. The van der Waals surface area contributed by atoms with E-state index in [1.165, 1.54) is 13.0 Å². The molecule has 18 heavy (non-hydrogen) atoms.